The lowest BCUT2D eigenvalue weighted by Gasteiger charge is -2.57. The summed E-state index contributed by atoms with van der Waals surface area (Å²) in [4.78, 5) is 26.5. The first-order valence-electron chi connectivity index (χ1n) is 13.1. The Morgan fingerprint density at radius 2 is 1.88 bits per heavy atom. The predicted octanol–water partition coefficient (Wildman–Crippen LogP) is 5.70. The van der Waals surface area contributed by atoms with Crippen molar-refractivity contribution in [2.75, 3.05) is 13.1 Å². The molecule has 6 nitrogen and oxygen atoms in total. The molecule has 1 N–H and O–H groups in total. The van der Waals surface area contributed by atoms with E-state index in [1.165, 1.54) is 5.57 Å². The van der Waals surface area contributed by atoms with E-state index in [0.717, 1.165) is 32.0 Å². The van der Waals surface area contributed by atoms with Gasteiger partial charge >= 0.3 is 6.09 Å². The summed E-state index contributed by atoms with van der Waals surface area (Å²) in [5, 5.41) is 11.5. The van der Waals surface area contributed by atoms with Gasteiger partial charge < -0.3 is 24.0 Å². The number of allylic oxidation sites excluding steroid dienone is 1. The summed E-state index contributed by atoms with van der Waals surface area (Å²) in [6, 6.07) is 0. The molecule has 0 aromatic heterocycles. The molecular formula is C27H47NO5Si. The van der Waals surface area contributed by atoms with E-state index in [1.807, 2.05) is 25.7 Å². The first-order chi connectivity index (χ1) is 15.6. The van der Waals surface area contributed by atoms with E-state index in [1.54, 1.807) is 0 Å². The van der Waals surface area contributed by atoms with Gasteiger partial charge in [0.05, 0.1) is 12.2 Å². The minimum absolute atomic E-state index is 0.0402. The van der Waals surface area contributed by atoms with Crippen molar-refractivity contribution >= 4 is 20.7 Å². The van der Waals surface area contributed by atoms with E-state index in [0.29, 0.717) is 25.9 Å². The maximum atomic E-state index is 13.0. The first-order valence-corrected chi connectivity index (χ1v) is 16.0. The summed E-state index contributed by atoms with van der Waals surface area (Å²) < 4.78 is 12.8. The van der Waals surface area contributed by atoms with Crippen LogP contribution in [0.3, 0.4) is 0 Å². The number of amides is 1. The monoisotopic (exact) mass is 493 g/mol. The van der Waals surface area contributed by atoms with Crippen molar-refractivity contribution in [1.29, 1.82) is 0 Å². The van der Waals surface area contributed by atoms with Crippen LogP contribution in [0.25, 0.3) is 0 Å². The van der Waals surface area contributed by atoms with Crippen LogP contribution in [0.1, 0.15) is 80.1 Å². The van der Waals surface area contributed by atoms with Crippen LogP contribution in [0, 0.1) is 17.3 Å². The van der Waals surface area contributed by atoms with E-state index >= 15 is 0 Å². The number of carbonyl (C=O) groups excluding carboxylic acids is 2. The summed E-state index contributed by atoms with van der Waals surface area (Å²) >= 11 is 0. The highest BCUT2D eigenvalue weighted by Crippen LogP contribution is 2.59. The van der Waals surface area contributed by atoms with Crippen molar-refractivity contribution < 1.29 is 23.9 Å². The molecule has 7 heteroatoms. The molecule has 1 saturated heterocycles. The van der Waals surface area contributed by atoms with Crippen LogP contribution < -0.4 is 0 Å². The molecule has 3 aliphatic carbocycles. The summed E-state index contributed by atoms with van der Waals surface area (Å²) in [6.45, 7) is 18.1. The first kappa shape index (κ1) is 27.4. The standard InChI is InChI=1S/C27H47NO5Si/c1-25(2,3)32-24(31)28-13-9-12-27-20(11-15-29)16-19(18-23(27)30)17-21(27)22(10-14-28)33-34(7,8)26(4,5)6/h15,17,19-20,22-23,30H,9-14,16,18H2,1-8H3/t19-,20+,22-,23+,27?/m0/s1. The van der Waals surface area contributed by atoms with Gasteiger partial charge in [-0.25, -0.2) is 4.79 Å². The average Bonchev–Trinajstić information content (AvgIpc) is 2.75. The van der Waals surface area contributed by atoms with Crippen LogP contribution in [0.15, 0.2) is 11.6 Å². The van der Waals surface area contributed by atoms with Gasteiger partial charge in [0.2, 0.25) is 0 Å². The molecule has 1 amide bonds. The topological polar surface area (TPSA) is 76.1 Å². The normalized spacial score (nSPS) is 32.7. The van der Waals surface area contributed by atoms with E-state index < -0.39 is 25.4 Å². The molecule has 1 heterocycles. The number of carbonyl (C=O) groups is 2. The van der Waals surface area contributed by atoms with Gasteiger partial charge in [-0.15, -0.1) is 0 Å². The molecule has 0 aromatic rings. The third-order valence-corrected chi connectivity index (χ3v) is 13.2. The summed E-state index contributed by atoms with van der Waals surface area (Å²) in [7, 11) is -2.13. The van der Waals surface area contributed by atoms with Gasteiger partial charge in [0.1, 0.15) is 11.9 Å². The molecule has 194 valence electrons. The van der Waals surface area contributed by atoms with Gasteiger partial charge in [-0.1, -0.05) is 26.8 Å². The Balaban J connectivity index is 2.01. The number of aldehydes is 1. The molecule has 34 heavy (non-hydrogen) atoms. The van der Waals surface area contributed by atoms with E-state index in [2.05, 4.69) is 39.9 Å². The Morgan fingerprint density at radius 1 is 1.21 bits per heavy atom. The Morgan fingerprint density at radius 3 is 2.47 bits per heavy atom. The van der Waals surface area contributed by atoms with Crippen LogP contribution in [-0.2, 0) is 14.0 Å². The molecule has 2 fully saturated rings. The highest BCUT2D eigenvalue weighted by molar-refractivity contribution is 6.74. The van der Waals surface area contributed by atoms with Gasteiger partial charge in [0.15, 0.2) is 8.32 Å². The fourth-order valence-electron chi connectivity index (χ4n) is 6.03. The van der Waals surface area contributed by atoms with Crippen molar-refractivity contribution in [2.45, 2.75) is 116 Å². The van der Waals surface area contributed by atoms with Gasteiger partial charge in [-0.3, -0.25) is 0 Å². The molecule has 0 radical (unpaired) electrons. The van der Waals surface area contributed by atoms with Crippen LogP contribution in [0.5, 0.6) is 0 Å². The number of rotatable bonds is 4. The smallest absolute Gasteiger partial charge is 0.410 e. The lowest BCUT2D eigenvalue weighted by atomic mass is 9.50. The Kier molecular flexibility index (Phi) is 7.82. The molecule has 1 unspecified atom stereocenters. The second kappa shape index (κ2) is 9.70. The van der Waals surface area contributed by atoms with Crippen LogP contribution in [0.2, 0.25) is 18.1 Å². The quantitative estimate of drug-likeness (QED) is 0.309. The van der Waals surface area contributed by atoms with E-state index in [-0.39, 0.29) is 29.1 Å². The van der Waals surface area contributed by atoms with Crippen molar-refractivity contribution in [2.24, 2.45) is 17.3 Å². The van der Waals surface area contributed by atoms with Crippen LogP contribution in [0.4, 0.5) is 4.79 Å². The van der Waals surface area contributed by atoms with Gasteiger partial charge in [-0.2, -0.15) is 0 Å². The maximum Gasteiger partial charge on any atom is 0.410 e. The number of ether oxygens (including phenoxy) is 1. The minimum atomic E-state index is -2.13. The number of nitrogens with zero attached hydrogens (tertiary/aromatic N) is 1. The molecular weight excluding hydrogens is 446 g/mol. The van der Waals surface area contributed by atoms with Gasteiger partial charge in [0.25, 0.3) is 0 Å². The zero-order valence-corrected chi connectivity index (χ0v) is 23.6. The lowest BCUT2D eigenvalue weighted by molar-refractivity contribution is -0.114. The average molecular weight is 494 g/mol. The zero-order valence-electron chi connectivity index (χ0n) is 22.6. The van der Waals surface area contributed by atoms with Crippen LogP contribution in [-0.4, -0.2) is 61.6 Å². The lowest BCUT2D eigenvalue weighted by Crippen LogP contribution is -2.56. The number of aliphatic hydroxyl groups is 1. The van der Waals surface area contributed by atoms with Crippen LogP contribution >= 0.6 is 0 Å². The Bertz CT molecular complexity index is 796. The predicted molar refractivity (Wildman–Crippen MR) is 137 cm³/mol. The molecule has 5 atom stereocenters. The molecule has 2 bridgehead atoms. The number of hydrogen-bond acceptors (Lipinski definition) is 5. The molecule has 1 spiro atoms. The molecule has 4 aliphatic rings. The summed E-state index contributed by atoms with van der Waals surface area (Å²) in [6.07, 6.45) is 6.81. The third kappa shape index (κ3) is 5.46. The van der Waals surface area contributed by atoms with Crippen molar-refractivity contribution in [3.8, 4) is 0 Å². The third-order valence-electron chi connectivity index (χ3n) is 8.69. The highest BCUT2D eigenvalue weighted by atomic mass is 28.4. The second-order valence-electron chi connectivity index (χ2n) is 13.2. The maximum absolute atomic E-state index is 13.0. The Hall–Kier alpha value is -1.18. The summed E-state index contributed by atoms with van der Waals surface area (Å²) in [5.41, 5.74) is 0.198. The molecule has 1 aliphatic heterocycles. The molecule has 4 rings (SSSR count). The van der Waals surface area contributed by atoms with Crippen molar-refractivity contribution in [3.05, 3.63) is 11.6 Å². The molecule has 1 saturated carbocycles. The van der Waals surface area contributed by atoms with E-state index in [4.69, 9.17) is 9.16 Å². The molecule has 0 aromatic carbocycles. The fourth-order valence-corrected chi connectivity index (χ4v) is 7.34. The number of aliphatic hydroxyl groups excluding tert-OH is 1. The minimum Gasteiger partial charge on any atom is -0.444 e. The van der Waals surface area contributed by atoms with Crippen molar-refractivity contribution in [1.82, 2.24) is 4.90 Å². The Labute approximate surface area is 207 Å². The zero-order chi connectivity index (χ0) is 25.5. The second-order valence-corrected chi connectivity index (χ2v) is 18.0. The van der Waals surface area contributed by atoms with E-state index in [9.17, 15) is 14.7 Å². The van der Waals surface area contributed by atoms with Crippen molar-refractivity contribution in [3.63, 3.8) is 0 Å². The largest absolute Gasteiger partial charge is 0.444 e. The van der Waals surface area contributed by atoms with Gasteiger partial charge in [-0.05, 0) is 88.4 Å². The fraction of sp³-hybridized carbons (Fsp3) is 0.852. The number of hydrogen-bond donors (Lipinski definition) is 1. The SMILES string of the molecule is CC(C)(C)OC(=O)N1CCCC23C(=C[C@H](C[C@H]2CC=O)C[C@H]3O)[C@@H](O[Si](C)(C)C(C)(C)C)CC1. The van der Waals surface area contributed by atoms with Gasteiger partial charge in [0, 0.05) is 24.9 Å². The number of fused-ring (bicyclic) bond motifs is 2. The highest BCUT2D eigenvalue weighted by Gasteiger charge is 2.57. The summed E-state index contributed by atoms with van der Waals surface area (Å²) in [5.74, 6) is 0.405.